The van der Waals surface area contributed by atoms with E-state index in [1.165, 1.54) is 0 Å². The van der Waals surface area contributed by atoms with Crippen molar-refractivity contribution in [2.24, 2.45) is 4.99 Å². The summed E-state index contributed by atoms with van der Waals surface area (Å²) in [6.45, 7) is 5.78. The Morgan fingerprint density at radius 1 is 1.09 bits per heavy atom. The van der Waals surface area contributed by atoms with Crippen molar-refractivity contribution >= 4 is 17.0 Å². The molecule has 0 spiro atoms. The van der Waals surface area contributed by atoms with Gasteiger partial charge in [0.1, 0.15) is 22.9 Å². The Kier molecular flexibility index (Phi) is 5.89. The summed E-state index contributed by atoms with van der Waals surface area (Å²) in [5, 5.41) is 9.33. The Morgan fingerprint density at radius 2 is 1.97 bits per heavy atom. The monoisotopic (exact) mass is 469 g/mol. The van der Waals surface area contributed by atoms with Gasteiger partial charge in [0.25, 0.3) is 5.88 Å². The van der Waals surface area contributed by atoms with E-state index in [0.29, 0.717) is 46.4 Å². The zero-order valence-electron chi connectivity index (χ0n) is 19.6. The summed E-state index contributed by atoms with van der Waals surface area (Å²) in [6.07, 6.45) is 0. The van der Waals surface area contributed by atoms with E-state index in [2.05, 4.69) is 35.9 Å². The number of hydrogen-bond acceptors (Lipinski definition) is 9. The Bertz CT molecular complexity index is 1470. The number of aromatic amines is 1. The molecule has 0 unspecified atom stereocenters. The summed E-state index contributed by atoms with van der Waals surface area (Å²) in [6, 6.07) is 14.8. The van der Waals surface area contributed by atoms with Crippen LogP contribution in [0.15, 0.2) is 47.5 Å². The Balaban J connectivity index is 1.51. The molecule has 0 fully saturated rings. The fraction of sp³-hybridized carbons (Fsp3) is 0.240. The van der Waals surface area contributed by atoms with Crippen LogP contribution in [-0.4, -0.2) is 57.4 Å². The molecule has 0 saturated carbocycles. The zero-order chi connectivity index (χ0) is 24.4. The highest BCUT2D eigenvalue weighted by Crippen LogP contribution is 2.35. The van der Waals surface area contributed by atoms with Crippen molar-refractivity contribution in [2.75, 3.05) is 26.7 Å². The van der Waals surface area contributed by atoms with E-state index in [0.717, 1.165) is 24.5 Å². The maximum absolute atomic E-state index is 9.33. The van der Waals surface area contributed by atoms with Gasteiger partial charge in [0.15, 0.2) is 17.1 Å². The van der Waals surface area contributed by atoms with Gasteiger partial charge >= 0.3 is 6.01 Å². The van der Waals surface area contributed by atoms with E-state index in [1.807, 2.05) is 45.2 Å². The predicted molar refractivity (Wildman–Crippen MR) is 129 cm³/mol. The third-order valence-electron chi connectivity index (χ3n) is 5.35. The number of hydrogen-bond donors (Lipinski definition) is 1. The van der Waals surface area contributed by atoms with Gasteiger partial charge in [0.2, 0.25) is 0 Å². The number of benzene rings is 2. The lowest BCUT2D eigenvalue weighted by Crippen LogP contribution is -2.23. The number of likely N-dealkylation sites (N-methyl/N-ethyl adjacent to an activating group) is 1. The van der Waals surface area contributed by atoms with Gasteiger partial charge in [-0.3, -0.25) is 4.99 Å². The number of H-pyrrole nitrogens is 1. The molecular formula is C25H23N7O3. The van der Waals surface area contributed by atoms with Gasteiger partial charge in [0.05, 0.1) is 24.8 Å². The third kappa shape index (κ3) is 4.56. The van der Waals surface area contributed by atoms with Crippen LogP contribution in [0.4, 0.5) is 0 Å². The molecule has 176 valence electrons. The molecule has 0 bridgehead atoms. The normalized spacial score (nSPS) is 13.0. The van der Waals surface area contributed by atoms with Gasteiger partial charge < -0.3 is 24.1 Å². The Morgan fingerprint density at radius 3 is 2.74 bits per heavy atom. The largest absolute Gasteiger partial charge is 0.490 e. The average Bonchev–Trinajstić information content (AvgIpc) is 3.45. The van der Waals surface area contributed by atoms with Gasteiger partial charge in [-0.15, -0.1) is 0 Å². The number of imidazole rings is 1. The zero-order valence-corrected chi connectivity index (χ0v) is 19.6. The van der Waals surface area contributed by atoms with Gasteiger partial charge in [-0.05, 0) is 38.1 Å². The number of ether oxygens (including phenoxy) is 3. The lowest BCUT2D eigenvalue weighted by Gasteiger charge is -2.14. The number of aromatic nitrogens is 4. The second-order valence-electron chi connectivity index (χ2n) is 7.90. The number of nitrogens with zero attached hydrogens (tertiary/aromatic N) is 6. The highest BCUT2D eigenvalue weighted by molar-refractivity contribution is 5.99. The number of nitrogens with one attached hydrogen (secondary N) is 1. The van der Waals surface area contributed by atoms with Crippen LogP contribution in [0.1, 0.15) is 23.9 Å². The molecule has 5 rings (SSSR count). The Hall–Kier alpha value is -4.65. The van der Waals surface area contributed by atoms with E-state index < -0.39 is 0 Å². The van der Waals surface area contributed by atoms with Crippen molar-refractivity contribution in [1.82, 2.24) is 24.8 Å². The molecule has 10 nitrogen and oxygen atoms in total. The highest BCUT2D eigenvalue weighted by Gasteiger charge is 2.19. The molecule has 10 heteroatoms. The molecule has 2 aromatic heterocycles. The molecule has 1 N–H and O–H groups in total. The summed E-state index contributed by atoms with van der Waals surface area (Å²) >= 11 is 0. The molecule has 2 aromatic carbocycles. The molecule has 1 aliphatic heterocycles. The molecular weight excluding hydrogens is 446 g/mol. The lowest BCUT2D eigenvalue weighted by molar-refractivity contribution is 0.319. The molecule has 0 atom stereocenters. The van der Waals surface area contributed by atoms with E-state index in [1.54, 1.807) is 18.2 Å². The van der Waals surface area contributed by atoms with E-state index >= 15 is 0 Å². The maximum Gasteiger partial charge on any atom is 0.327 e. The molecule has 0 saturated heterocycles. The van der Waals surface area contributed by atoms with Crippen molar-refractivity contribution < 1.29 is 14.2 Å². The second-order valence-corrected chi connectivity index (χ2v) is 7.90. The number of rotatable bonds is 7. The minimum absolute atomic E-state index is 0.0762. The van der Waals surface area contributed by atoms with E-state index in [9.17, 15) is 5.26 Å². The van der Waals surface area contributed by atoms with Gasteiger partial charge in [-0.25, -0.2) is 4.98 Å². The first kappa shape index (κ1) is 22.2. The number of nitriles is 1. The molecule has 35 heavy (non-hydrogen) atoms. The number of aryl methyl sites for hydroxylation is 1. The first-order chi connectivity index (χ1) is 17.0. The van der Waals surface area contributed by atoms with Crippen LogP contribution < -0.4 is 14.2 Å². The van der Waals surface area contributed by atoms with Crippen molar-refractivity contribution in [1.29, 1.82) is 5.26 Å². The number of aliphatic imine (C=N–C) groups is 1. The summed E-state index contributed by atoms with van der Waals surface area (Å²) < 4.78 is 17.8. The Labute approximate surface area is 201 Å². The fourth-order valence-electron chi connectivity index (χ4n) is 3.77. The topological polar surface area (TPSA) is 122 Å². The third-order valence-corrected chi connectivity index (χ3v) is 5.35. The molecule has 3 heterocycles. The SMILES string of the molecule is CCOc1ccc(C#N)cc1Oc1nc(Oc2cccc(C3=NCCN3C)c2)nc2nc(C)[nH]c12. The first-order valence-corrected chi connectivity index (χ1v) is 11.2. The summed E-state index contributed by atoms with van der Waals surface area (Å²) in [7, 11) is 2.01. The van der Waals surface area contributed by atoms with Gasteiger partial charge in [0, 0.05) is 25.2 Å². The predicted octanol–water partition coefficient (Wildman–Crippen LogP) is 4.21. The first-order valence-electron chi connectivity index (χ1n) is 11.2. The lowest BCUT2D eigenvalue weighted by atomic mass is 10.2. The minimum Gasteiger partial charge on any atom is -0.490 e. The van der Waals surface area contributed by atoms with Crippen LogP contribution in [-0.2, 0) is 0 Å². The molecule has 1 aliphatic rings. The number of fused-ring (bicyclic) bond motifs is 1. The van der Waals surface area contributed by atoms with Crippen molar-refractivity contribution in [3.05, 3.63) is 59.4 Å². The van der Waals surface area contributed by atoms with Crippen molar-refractivity contribution in [3.63, 3.8) is 0 Å². The van der Waals surface area contributed by atoms with Crippen molar-refractivity contribution in [2.45, 2.75) is 13.8 Å². The summed E-state index contributed by atoms with van der Waals surface area (Å²) in [5.41, 5.74) is 2.29. The van der Waals surface area contributed by atoms with Gasteiger partial charge in [-0.1, -0.05) is 12.1 Å². The van der Waals surface area contributed by atoms with Crippen LogP contribution >= 0.6 is 0 Å². The van der Waals surface area contributed by atoms with Crippen LogP contribution in [0.5, 0.6) is 29.1 Å². The molecule has 0 radical (unpaired) electrons. The minimum atomic E-state index is 0.0762. The summed E-state index contributed by atoms with van der Waals surface area (Å²) in [4.78, 5) is 23.2. The number of amidine groups is 1. The maximum atomic E-state index is 9.33. The van der Waals surface area contributed by atoms with Crippen LogP contribution in [0.25, 0.3) is 11.2 Å². The van der Waals surface area contributed by atoms with Crippen molar-refractivity contribution in [3.8, 4) is 35.2 Å². The van der Waals surface area contributed by atoms with E-state index in [4.69, 9.17) is 14.2 Å². The standard InChI is InChI=1S/C25H23N7O3/c1-4-33-19-9-8-16(14-26)12-20(19)35-24-21-22(29-15(2)28-21)30-25(31-24)34-18-7-5-6-17(13-18)23-27-10-11-32(23)3/h5-9,12-13H,4,10-11H2,1-3H3,(H,28,29,30,31). The van der Waals surface area contributed by atoms with Crippen LogP contribution in [0, 0.1) is 18.3 Å². The molecule has 0 amide bonds. The molecule has 4 aromatic rings. The van der Waals surface area contributed by atoms with Crippen LogP contribution in [0.2, 0.25) is 0 Å². The summed E-state index contributed by atoms with van der Waals surface area (Å²) in [5.74, 6) is 3.18. The molecule has 0 aliphatic carbocycles. The fourth-order valence-corrected chi connectivity index (χ4v) is 3.77. The van der Waals surface area contributed by atoms with E-state index in [-0.39, 0.29) is 11.9 Å². The van der Waals surface area contributed by atoms with Gasteiger partial charge in [-0.2, -0.15) is 15.2 Å². The smallest absolute Gasteiger partial charge is 0.327 e. The second kappa shape index (κ2) is 9.30. The quantitative estimate of drug-likeness (QED) is 0.427. The average molecular weight is 470 g/mol. The van der Waals surface area contributed by atoms with Crippen LogP contribution in [0.3, 0.4) is 0 Å². The highest BCUT2D eigenvalue weighted by atomic mass is 16.5.